The maximum atomic E-state index is 12.9. The number of nitrogens with zero attached hydrogens (tertiary/aromatic N) is 2. The van der Waals surface area contributed by atoms with E-state index in [9.17, 15) is 22.8 Å². The number of nitrogens with one attached hydrogen (secondary N) is 2. The number of para-hydroxylation sites is 1. The molecule has 3 rings (SSSR count). The molecule has 1 atom stereocenters. The van der Waals surface area contributed by atoms with Gasteiger partial charge in [0.15, 0.2) is 6.10 Å². The van der Waals surface area contributed by atoms with E-state index in [0.29, 0.717) is 0 Å². The van der Waals surface area contributed by atoms with Crippen molar-refractivity contribution >= 4 is 29.2 Å². The van der Waals surface area contributed by atoms with Crippen molar-refractivity contribution in [3.8, 4) is 0 Å². The molecule has 3 aromatic rings. The van der Waals surface area contributed by atoms with Crippen molar-refractivity contribution in [2.75, 3.05) is 10.6 Å². The van der Waals surface area contributed by atoms with Crippen LogP contribution in [0.4, 0.5) is 30.5 Å². The van der Waals surface area contributed by atoms with Gasteiger partial charge in [-0.2, -0.15) is 13.2 Å². The van der Waals surface area contributed by atoms with Gasteiger partial charge < -0.3 is 10.1 Å². The van der Waals surface area contributed by atoms with E-state index in [2.05, 4.69) is 20.6 Å². The van der Waals surface area contributed by atoms with Crippen LogP contribution < -0.4 is 10.6 Å². The highest BCUT2D eigenvalue weighted by atomic mass is 19.4. The summed E-state index contributed by atoms with van der Waals surface area (Å²) in [5, 5.41) is 5.20. The Bertz CT molecular complexity index is 1070. The number of amides is 1. The molecule has 1 aromatic heterocycles. The smallest absolute Gasteiger partial charge is 0.416 e. The lowest BCUT2D eigenvalue weighted by atomic mass is 10.1. The van der Waals surface area contributed by atoms with Crippen molar-refractivity contribution in [2.45, 2.75) is 19.2 Å². The zero-order valence-corrected chi connectivity index (χ0v) is 16.2. The Morgan fingerprint density at radius 2 is 1.71 bits per heavy atom. The molecule has 1 heterocycles. The molecule has 0 aliphatic heterocycles. The molecular weight excluding hydrogens is 413 g/mol. The van der Waals surface area contributed by atoms with Crippen molar-refractivity contribution in [3.05, 3.63) is 78.1 Å². The molecule has 1 amide bonds. The van der Waals surface area contributed by atoms with Crippen LogP contribution in [0, 0.1) is 0 Å². The van der Waals surface area contributed by atoms with E-state index in [1.807, 2.05) is 0 Å². The summed E-state index contributed by atoms with van der Waals surface area (Å²) >= 11 is 0. The molecule has 31 heavy (non-hydrogen) atoms. The lowest BCUT2D eigenvalue weighted by Gasteiger charge is -2.16. The summed E-state index contributed by atoms with van der Waals surface area (Å²) < 4.78 is 44.0. The zero-order valence-electron chi connectivity index (χ0n) is 16.2. The largest absolute Gasteiger partial charge is 0.449 e. The summed E-state index contributed by atoms with van der Waals surface area (Å²) in [4.78, 5) is 32.5. The van der Waals surface area contributed by atoms with Gasteiger partial charge in [-0.15, -0.1) is 0 Å². The van der Waals surface area contributed by atoms with E-state index in [1.54, 1.807) is 18.2 Å². The maximum absolute atomic E-state index is 12.9. The first-order valence-corrected chi connectivity index (χ1v) is 9.06. The van der Waals surface area contributed by atoms with Gasteiger partial charge in [0, 0.05) is 18.1 Å². The second-order valence-electron chi connectivity index (χ2n) is 6.36. The van der Waals surface area contributed by atoms with Crippen molar-refractivity contribution in [3.63, 3.8) is 0 Å². The van der Waals surface area contributed by atoms with E-state index in [4.69, 9.17) is 4.74 Å². The summed E-state index contributed by atoms with van der Waals surface area (Å²) in [6.07, 6.45) is -2.79. The minimum Gasteiger partial charge on any atom is -0.449 e. The molecule has 0 saturated heterocycles. The lowest BCUT2D eigenvalue weighted by Crippen LogP contribution is -2.30. The molecule has 0 saturated carbocycles. The number of esters is 1. The third kappa shape index (κ3) is 5.78. The Hall–Kier alpha value is -3.95. The van der Waals surface area contributed by atoms with Gasteiger partial charge >= 0.3 is 12.1 Å². The Kier molecular flexibility index (Phi) is 6.49. The number of aromatic nitrogens is 2. The number of rotatable bonds is 6. The molecule has 0 spiro atoms. The summed E-state index contributed by atoms with van der Waals surface area (Å²) in [6.45, 7) is 1.37. The normalized spacial score (nSPS) is 12.0. The highest BCUT2D eigenvalue weighted by molar-refractivity contribution is 5.99. The minimum absolute atomic E-state index is 0.0514. The molecule has 10 heteroatoms. The van der Waals surface area contributed by atoms with Gasteiger partial charge in [0.1, 0.15) is 0 Å². The number of ether oxygens (including phenoxy) is 1. The number of carbonyl (C=O) groups excluding carboxylic acids is 2. The first kappa shape index (κ1) is 21.8. The highest BCUT2D eigenvalue weighted by Gasteiger charge is 2.30. The van der Waals surface area contributed by atoms with Crippen LogP contribution in [0.5, 0.6) is 0 Å². The molecule has 160 valence electrons. The van der Waals surface area contributed by atoms with E-state index >= 15 is 0 Å². The molecule has 0 fully saturated rings. The molecule has 0 unspecified atom stereocenters. The molecule has 0 aliphatic rings. The van der Waals surface area contributed by atoms with Crippen LogP contribution in [0.2, 0.25) is 0 Å². The molecule has 7 nitrogen and oxygen atoms in total. The van der Waals surface area contributed by atoms with Crippen LogP contribution in [0.1, 0.15) is 22.8 Å². The van der Waals surface area contributed by atoms with E-state index < -0.39 is 29.7 Å². The quantitative estimate of drug-likeness (QED) is 0.563. The number of carbonyl (C=O) groups is 2. The van der Waals surface area contributed by atoms with Crippen LogP contribution >= 0.6 is 0 Å². The van der Waals surface area contributed by atoms with Gasteiger partial charge in [-0.25, -0.2) is 14.8 Å². The van der Waals surface area contributed by atoms with Gasteiger partial charge in [-0.1, -0.05) is 18.2 Å². The Balaban J connectivity index is 1.72. The van der Waals surface area contributed by atoms with Crippen LogP contribution in [0.15, 0.2) is 67.0 Å². The fourth-order valence-corrected chi connectivity index (χ4v) is 2.55. The van der Waals surface area contributed by atoms with Gasteiger partial charge in [0.05, 0.1) is 16.8 Å². The van der Waals surface area contributed by atoms with Crippen LogP contribution in [0.3, 0.4) is 0 Å². The molecule has 0 radical (unpaired) electrons. The van der Waals surface area contributed by atoms with Crippen molar-refractivity contribution < 1.29 is 27.5 Å². The van der Waals surface area contributed by atoms with Crippen molar-refractivity contribution in [1.82, 2.24) is 9.97 Å². The van der Waals surface area contributed by atoms with Gasteiger partial charge in [0.25, 0.3) is 5.91 Å². The molecule has 2 N–H and O–H groups in total. The third-order valence-electron chi connectivity index (χ3n) is 4.07. The van der Waals surface area contributed by atoms with E-state index in [1.165, 1.54) is 43.6 Å². The topological polar surface area (TPSA) is 93.2 Å². The number of alkyl halides is 3. The third-order valence-corrected chi connectivity index (χ3v) is 4.07. The first-order chi connectivity index (χ1) is 14.7. The van der Waals surface area contributed by atoms with Gasteiger partial charge in [-0.3, -0.25) is 10.1 Å². The first-order valence-electron chi connectivity index (χ1n) is 9.06. The Morgan fingerprint density at radius 1 is 1.00 bits per heavy atom. The van der Waals surface area contributed by atoms with Crippen molar-refractivity contribution in [1.29, 1.82) is 0 Å². The van der Waals surface area contributed by atoms with Gasteiger partial charge in [0.2, 0.25) is 5.95 Å². The van der Waals surface area contributed by atoms with Crippen LogP contribution in [-0.4, -0.2) is 27.9 Å². The predicted octanol–water partition coefficient (Wildman–Crippen LogP) is 4.42. The lowest BCUT2D eigenvalue weighted by molar-refractivity contribution is -0.137. The van der Waals surface area contributed by atoms with E-state index in [0.717, 1.165) is 12.1 Å². The predicted molar refractivity (Wildman–Crippen MR) is 107 cm³/mol. The molecular formula is C21H17F3N4O3. The standard InChI is InChI=1S/C21H17F3N4O3/c1-13(18(29)28-20-25-10-5-11-26-20)31-19(30)16-8-2-3-9-17(16)27-15-7-4-6-14(12-15)21(22,23)24/h2-13,27H,1H3,(H,25,26,28,29)/t13-/m1/s1. The van der Waals surface area contributed by atoms with Crippen molar-refractivity contribution in [2.24, 2.45) is 0 Å². The molecule has 0 aliphatic carbocycles. The van der Waals surface area contributed by atoms with Crippen LogP contribution in [0.25, 0.3) is 0 Å². The summed E-state index contributed by atoms with van der Waals surface area (Å²) in [6, 6.07) is 12.3. The molecule has 2 aromatic carbocycles. The number of hydrogen-bond acceptors (Lipinski definition) is 6. The second kappa shape index (κ2) is 9.24. The summed E-state index contributed by atoms with van der Waals surface area (Å²) in [5.74, 6) is -1.41. The second-order valence-corrected chi connectivity index (χ2v) is 6.36. The number of anilines is 3. The van der Waals surface area contributed by atoms with Gasteiger partial charge in [-0.05, 0) is 43.3 Å². The maximum Gasteiger partial charge on any atom is 0.416 e. The number of hydrogen-bond donors (Lipinski definition) is 2. The highest BCUT2D eigenvalue weighted by Crippen LogP contribution is 2.32. The average Bonchev–Trinajstić information content (AvgIpc) is 2.74. The van der Waals surface area contributed by atoms with Crippen LogP contribution in [-0.2, 0) is 15.7 Å². The molecule has 0 bridgehead atoms. The number of halogens is 3. The fourth-order valence-electron chi connectivity index (χ4n) is 2.55. The number of benzene rings is 2. The SMILES string of the molecule is C[C@@H](OC(=O)c1ccccc1Nc1cccc(C(F)(F)F)c1)C(=O)Nc1ncccn1. The monoisotopic (exact) mass is 430 g/mol. The minimum atomic E-state index is -4.50. The average molecular weight is 430 g/mol. The Labute approximate surface area is 175 Å². The Morgan fingerprint density at radius 3 is 2.42 bits per heavy atom. The summed E-state index contributed by atoms with van der Waals surface area (Å²) in [5.41, 5.74) is -0.408. The fraction of sp³-hybridized carbons (Fsp3) is 0.143. The zero-order chi connectivity index (χ0) is 22.4. The van der Waals surface area contributed by atoms with E-state index in [-0.39, 0.29) is 22.9 Å². The summed E-state index contributed by atoms with van der Waals surface area (Å²) in [7, 11) is 0.